The molecule has 2 aromatic carbocycles. The molecule has 0 amide bonds. The molecular weight excluding hydrogens is 260 g/mol. The molecule has 0 aliphatic carbocycles. The van der Waals surface area contributed by atoms with Crippen LogP contribution in [0.3, 0.4) is 0 Å². The van der Waals surface area contributed by atoms with Gasteiger partial charge in [0.25, 0.3) is 0 Å². The summed E-state index contributed by atoms with van der Waals surface area (Å²) in [6, 6.07) is 16.3. The van der Waals surface area contributed by atoms with E-state index in [-0.39, 0.29) is 5.92 Å². The molecule has 0 saturated carbocycles. The second-order valence-electron chi connectivity index (χ2n) is 6.24. The summed E-state index contributed by atoms with van der Waals surface area (Å²) in [6.07, 6.45) is 0.563. The van der Waals surface area contributed by atoms with E-state index in [1.165, 1.54) is 5.56 Å². The van der Waals surface area contributed by atoms with E-state index in [4.69, 9.17) is 4.74 Å². The lowest BCUT2D eigenvalue weighted by Gasteiger charge is -2.18. The number of aliphatic hydroxyl groups is 1. The molecule has 0 fully saturated rings. The molecule has 1 heterocycles. The molecule has 1 aliphatic heterocycles. The number of aliphatic hydroxyl groups excluding tert-OH is 1. The molecule has 2 heteroatoms. The van der Waals surface area contributed by atoms with Crippen LogP contribution >= 0.6 is 0 Å². The Balaban J connectivity index is 1.78. The van der Waals surface area contributed by atoms with E-state index in [0.717, 1.165) is 23.3 Å². The maximum Gasteiger partial charge on any atom is 0.123 e. The molecule has 0 aromatic heterocycles. The van der Waals surface area contributed by atoms with Gasteiger partial charge in [-0.1, -0.05) is 56.3 Å². The fraction of sp³-hybridized carbons (Fsp3) is 0.368. The molecule has 2 aromatic rings. The van der Waals surface area contributed by atoms with Crippen molar-refractivity contribution in [3.05, 3.63) is 65.2 Å². The minimum Gasteiger partial charge on any atom is -0.493 e. The Kier molecular flexibility index (Phi) is 3.98. The maximum absolute atomic E-state index is 10.7. The van der Waals surface area contributed by atoms with E-state index in [2.05, 4.69) is 26.0 Å². The molecule has 2 nitrogen and oxygen atoms in total. The van der Waals surface area contributed by atoms with Crippen molar-refractivity contribution in [1.29, 1.82) is 0 Å². The van der Waals surface area contributed by atoms with Gasteiger partial charge in [-0.15, -0.1) is 0 Å². The highest BCUT2D eigenvalue weighted by molar-refractivity contribution is 5.41. The highest BCUT2D eigenvalue weighted by Gasteiger charge is 2.30. The standard InChI is InChI=1S/C19H22O2/c1-13(2)11-14-7-9-15(10-8-14)19(20)17-12-21-18-6-4-3-5-16(17)18/h3-10,13,17,19-20H,11-12H2,1-2H3. The van der Waals surface area contributed by atoms with Crippen LogP contribution in [0.2, 0.25) is 0 Å². The van der Waals surface area contributed by atoms with Crippen molar-refractivity contribution in [3.8, 4) is 5.75 Å². The summed E-state index contributed by atoms with van der Waals surface area (Å²) in [4.78, 5) is 0. The van der Waals surface area contributed by atoms with Gasteiger partial charge in [-0.05, 0) is 29.5 Å². The molecule has 21 heavy (non-hydrogen) atoms. The molecule has 0 saturated heterocycles. The van der Waals surface area contributed by atoms with Crippen molar-refractivity contribution in [2.45, 2.75) is 32.3 Å². The normalized spacial score (nSPS) is 18.4. The molecule has 1 N–H and O–H groups in total. The summed E-state index contributed by atoms with van der Waals surface area (Å²) in [5, 5.41) is 10.7. The fourth-order valence-electron chi connectivity index (χ4n) is 3.00. The molecule has 0 bridgehead atoms. The molecule has 110 valence electrons. The second-order valence-corrected chi connectivity index (χ2v) is 6.24. The highest BCUT2D eigenvalue weighted by Crippen LogP contribution is 2.41. The zero-order valence-corrected chi connectivity index (χ0v) is 12.6. The van der Waals surface area contributed by atoms with Crippen LogP contribution in [-0.4, -0.2) is 11.7 Å². The topological polar surface area (TPSA) is 29.5 Å². The molecule has 2 unspecified atom stereocenters. The third-order valence-electron chi connectivity index (χ3n) is 4.08. The molecule has 0 spiro atoms. The van der Waals surface area contributed by atoms with Crippen molar-refractivity contribution in [2.24, 2.45) is 5.92 Å². The summed E-state index contributed by atoms with van der Waals surface area (Å²) in [7, 11) is 0. The van der Waals surface area contributed by atoms with Gasteiger partial charge in [0.05, 0.1) is 18.6 Å². The molecule has 1 aliphatic rings. The van der Waals surface area contributed by atoms with Gasteiger partial charge in [0.2, 0.25) is 0 Å². The molecular formula is C19H22O2. The monoisotopic (exact) mass is 282 g/mol. The first kappa shape index (κ1) is 14.2. The van der Waals surface area contributed by atoms with Crippen LogP contribution in [0.1, 0.15) is 42.6 Å². The number of fused-ring (bicyclic) bond motifs is 1. The first-order valence-electron chi connectivity index (χ1n) is 7.64. The summed E-state index contributed by atoms with van der Waals surface area (Å²) in [6.45, 7) is 4.99. The average molecular weight is 282 g/mol. The molecule has 2 atom stereocenters. The summed E-state index contributed by atoms with van der Waals surface area (Å²) in [5.41, 5.74) is 3.40. The van der Waals surface area contributed by atoms with Crippen LogP contribution in [0, 0.1) is 5.92 Å². The van der Waals surface area contributed by atoms with Crippen LogP contribution in [0.25, 0.3) is 0 Å². The smallest absolute Gasteiger partial charge is 0.123 e. The predicted octanol–water partition coefficient (Wildman–Crippen LogP) is 4.09. The number of hydrogen-bond donors (Lipinski definition) is 1. The predicted molar refractivity (Wildman–Crippen MR) is 84.6 cm³/mol. The lowest BCUT2D eigenvalue weighted by atomic mass is 9.90. The summed E-state index contributed by atoms with van der Waals surface area (Å²) < 4.78 is 5.67. The average Bonchev–Trinajstić information content (AvgIpc) is 2.90. The minimum atomic E-state index is -0.512. The number of ether oxygens (including phenoxy) is 1. The summed E-state index contributed by atoms with van der Waals surface area (Å²) >= 11 is 0. The zero-order valence-electron chi connectivity index (χ0n) is 12.6. The van der Waals surface area contributed by atoms with Crippen molar-refractivity contribution >= 4 is 0 Å². The Morgan fingerprint density at radius 1 is 1.10 bits per heavy atom. The van der Waals surface area contributed by atoms with E-state index >= 15 is 0 Å². The van der Waals surface area contributed by atoms with Gasteiger partial charge in [-0.3, -0.25) is 0 Å². The van der Waals surface area contributed by atoms with Crippen LogP contribution in [0.4, 0.5) is 0 Å². The first-order valence-corrected chi connectivity index (χ1v) is 7.64. The van der Waals surface area contributed by atoms with Gasteiger partial charge >= 0.3 is 0 Å². The van der Waals surface area contributed by atoms with E-state index in [1.54, 1.807) is 0 Å². The number of rotatable bonds is 4. The Morgan fingerprint density at radius 3 is 2.52 bits per heavy atom. The van der Waals surface area contributed by atoms with Gasteiger partial charge in [0, 0.05) is 5.56 Å². The van der Waals surface area contributed by atoms with Crippen LogP contribution in [0.5, 0.6) is 5.75 Å². The van der Waals surface area contributed by atoms with Gasteiger partial charge in [-0.2, -0.15) is 0 Å². The number of hydrogen-bond acceptors (Lipinski definition) is 2. The Morgan fingerprint density at radius 2 is 1.81 bits per heavy atom. The number of benzene rings is 2. The molecule has 0 radical (unpaired) electrons. The maximum atomic E-state index is 10.7. The SMILES string of the molecule is CC(C)Cc1ccc(C(O)C2COc3ccccc32)cc1. The van der Waals surface area contributed by atoms with Crippen LogP contribution in [-0.2, 0) is 6.42 Å². The first-order chi connectivity index (χ1) is 10.1. The summed E-state index contributed by atoms with van der Waals surface area (Å²) in [5.74, 6) is 1.58. The van der Waals surface area contributed by atoms with Gasteiger partial charge in [0.1, 0.15) is 5.75 Å². The van der Waals surface area contributed by atoms with Crippen molar-refractivity contribution < 1.29 is 9.84 Å². The van der Waals surface area contributed by atoms with E-state index in [1.807, 2.05) is 36.4 Å². The van der Waals surface area contributed by atoms with E-state index < -0.39 is 6.10 Å². The Hall–Kier alpha value is -1.80. The van der Waals surface area contributed by atoms with E-state index in [0.29, 0.717) is 12.5 Å². The minimum absolute atomic E-state index is 0.0251. The Labute approximate surface area is 126 Å². The van der Waals surface area contributed by atoms with Crippen LogP contribution in [0.15, 0.2) is 48.5 Å². The highest BCUT2D eigenvalue weighted by atomic mass is 16.5. The zero-order chi connectivity index (χ0) is 14.8. The second kappa shape index (κ2) is 5.90. The van der Waals surface area contributed by atoms with Crippen molar-refractivity contribution in [1.82, 2.24) is 0 Å². The fourth-order valence-corrected chi connectivity index (χ4v) is 3.00. The van der Waals surface area contributed by atoms with E-state index in [9.17, 15) is 5.11 Å². The van der Waals surface area contributed by atoms with Gasteiger partial charge in [-0.25, -0.2) is 0 Å². The lowest BCUT2D eigenvalue weighted by Crippen LogP contribution is -2.12. The number of para-hydroxylation sites is 1. The Bertz CT molecular complexity index is 601. The van der Waals surface area contributed by atoms with Crippen molar-refractivity contribution in [3.63, 3.8) is 0 Å². The quantitative estimate of drug-likeness (QED) is 0.915. The third-order valence-corrected chi connectivity index (χ3v) is 4.08. The molecule has 3 rings (SSSR count). The van der Waals surface area contributed by atoms with Crippen molar-refractivity contribution in [2.75, 3.05) is 6.61 Å². The largest absolute Gasteiger partial charge is 0.493 e. The van der Waals surface area contributed by atoms with Gasteiger partial charge in [0.15, 0.2) is 0 Å². The lowest BCUT2D eigenvalue weighted by molar-refractivity contribution is 0.130. The third kappa shape index (κ3) is 2.96. The van der Waals surface area contributed by atoms with Crippen LogP contribution < -0.4 is 4.74 Å². The van der Waals surface area contributed by atoms with Gasteiger partial charge < -0.3 is 9.84 Å².